The van der Waals surface area contributed by atoms with E-state index in [1.165, 1.54) is 7.11 Å². The summed E-state index contributed by atoms with van der Waals surface area (Å²) in [5, 5.41) is 4.47. The molecule has 0 fully saturated rings. The Kier molecular flexibility index (Phi) is 5.58. The van der Waals surface area contributed by atoms with Crippen LogP contribution in [0.3, 0.4) is 0 Å². The molecule has 26 heavy (non-hydrogen) atoms. The average molecular weight is 351 g/mol. The molecule has 3 rings (SSSR count). The molecule has 1 aromatic heterocycles. The number of aromatic nitrogens is 1. The molecule has 0 saturated carbocycles. The second kappa shape index (κ2) is 8.06. The van der Waals surface area contributed by atoms with Crippen molar-refractivity contribution in [3.63, 3.8) is 0 Å². The summed E-state index contributed by atoms with van der Waals surface area (Å²) in [6.45, 7) is 0.607. The summed E-state index contributed by atoms with van der Waals surface area (Å²) in [6, 6.07) is 16.0. The first-order valence-corrected chi connectivity index (χ1v) is 8.71. The van der Waals surface area contributed by atoms with Crippen molar-refractivity contribution >= 4 is 22.6 Å². The number of carbonyl (C=O) groups excluding carboxylic acids is 1. The first kappa shape index (κ1) is 18.0. The van der Waals surface area contributed by atoms with Crippen LogP contribution < -0.4 is 10.2 Å². The molecule has 0 radical (unpaired) electrons. The zero-order valence-corrected chi connectivity index (χ0v) is 15.5. The zero-order chi connectivity index (χ0) is 18.5. The van der Waals surface area contributed by atoms with Gasteiger partial charge >= 0.3 is 5.97 Å². The van der Waals surface area contributed by atoms with Gasteiger partial charge in [0.25, 0.3) is 0 Å². The molecule has 136 valence electrons. The number of methoxy groups -OCH3 is 1. The monoisotopic (exact) mass is 351 g/mol. The lowest BCUT2D eigenvalue weighted by Gasteiger charge is -2.17. The van der Waals surface area contributed by atoms with Crippen LogP contribution >= 0.6 is 0 Å². The highest BCUT2D eigenvalue weighted by molar-refractivity contribution is 5.84. The van der Waals surface area contributed by atoms with Crippen molar-refractivity contribution in [2.24, 2.45) is 0 Å². The Hall–Kier alpha value is -2.79. The van der Waals surface area contributed by atoms with Gasteiger partial charge in [0.2, 0.25) is 0 Å². The van der Waals surface area contributed by atoms with E-state index in [0.717, 1.165) is 27.7 Å². The number of esters is 1. The molecule has 0 unspecified atom stereocenters. The normalized spacial score (nSPS) is 12.1. The number of para-hydroxylation sites is 1. The fourth-order valence-corrected chi connectivity index (χ4v) is 3.05. The van der Waals surface area contributed by atoms with Gasteiger partial charge < -0.3 is 19.9 Å². The van der Waals surface area contributed by atoms with Gasteiger partial charge in [0.05, 0.1) is 7.11 Å². The van der Waals surface area contributed by atoms with Crippen molar-refractivity contribution in [3.8, 4) is 0 Å². The number of benzene rings is 2. The fourth-order valence-electron chi connectivity index (χ4n) is 3.05. The first-order chi connectivity index (χ1) is 12.6. The molecule has 0 amide bonds. The van der Waals surface area contributed by atoms with Crippen molar-refractivity contribution in [1.82, 2.24) is 10.3 Å². The Morgan fingerprint density at radius 1 is 1.15 bits per heavy atom. The topological polar surface area (TPSA) is 57.4 Å². The van der Waals surface area contributed by atoms with E-state index in [2.05, 4.69) is 45.5 Å². The van der Waals surface area contributed by atoms with Crippen LogP contribution in [0.5, 0.6) is 0 Å². The van der Waals surface area contributed by atoms with Gasteiger partial charge in [-0.1, -0.05) is 30.3 Å². The third-order valence-electron chi connectivity index (χ3n) is 4.59. The van der Waals surface area contributed by atoms with Crippen LogP contribution in [0.4, 0.5) is 5.69 Å². The number of aromatic amines is 1. The van der Waals surface area contributed by atoms with Crippen LogP contribution in [-0.4, -0.2) is 38.2 Å². The van der Waals surface area contributed by atoms with Gasteiger partial charge in [-0.3, -0.25) is 4.79 Å². The van der Waals surface area contributed by atoms with Crippen LogP contribution in [0.2, 0.25) is 0 Å². The van der Waals surface area contributed by atoms with Crippen LogP contribution in [0.1, 0.15) is 11.1 Å². The molecule has 0 bridgehead atoms. The molecular formula is C21H25N3O2. The third kappa shape index (κ3) is 4.06. The van der Waals surface area contributed by atoms with Crippen molar-refractivity contribution in [2.45, 2.75) is 19.0 Å². The lowest BCUT2D eigenvalue weighted by atomic mass is 10.0. The quantitative estimate of drug-likeness (QED) is 0.642. The number of ether oxygens (including phenoxy) is 1. The Morgan fingerprint density at radius 3 is 2.58 bits per heavy atom. The van der Waals surface area contributed by atoms with Crippen LogP contribution in [-0.2, 0) is 22.5 Å². The second-order valence-electron chi connectivity index (χ2n) is 6.58. The van der Waals surface area contributed by atoms with Gasteiger partial charge in [0, 0.05) is 49.8 Å². The summed E-state index contributed by atoms with van der Waals surface area (Å²) in [7, 11) is 5.46. The number of anilines is 1. The molecule has 2 aromatic carbocycles. The van der Waals surface area contributed by atoms with Crippen LogP contribution in [0.25, 0.3) is 10.9 Å². The molecule has 3 aromatic rings. The predicted molar refractivity (Wildman–Crippen MR) is 105 cm³/mol. The molecule has 2 N–H and O–H groups in total. The highest BCUT2D eigenvalue weighted by atomic mass is 16.5. The van der Waals surface area contributed by atoms with E-state index < -0.39 is 6.04 Å². The molecule has 1 atom stereocenters. The van der Waals surface area contributed by atoms with Crippen molar-refractivity contribution in [2.75, 3.05) is 26.1 Å². The third-order valence-corrected chi connectivity index (χ3v) is 4.59. The van der Waals surface area contributed by atoms with Gasteiger partial charge in [0.1, 0.15) is 6.04 Å². The SMILES string of the molecule is COC(=O)[C@H](Cc1c[nH]c2ccccc12)NCc1ccc(N(C)C)cc1. The minimum absolute atomic E-state index is 0.250. The highest BCUT2D eigenvalue weighted by Gasteiger charge is 2.20. The largest absolute Gasteiger partial charge is 0.468 e. The number of hydrogen-bond acceptors (Lipinski definition) is 4. The molecule has 0 aliphatic carbocycles. The standard InChI is InChI=1S/C21H25N3O2/c1-24(2)17-10-8-15(9-11-17)13-22-20(21(25)26-3)12-16-14-23-19-7-5-4-6-18(16)19/h4-11,14,20,22-23H,12-13H2,1-3H3/t20-/m0/s1. The smallest absolute Gasteiger partial charge is 0.323 e. The number of hydrogen-bond donors (Lipinski definition) is 2. The van der Waals surface area contributed by atoms with Crippen molar-refractivity contribution in [3.05, 3.63) is 65.9 Å². The van der Waals surface area contributed by atoms with Gasteiger partial charge in [-0.25, -0.2) is 0 Å². The molecule has 1 heterocycles. The van der Waals surface area contributed by atoms with E-state index in [-0.39, 0.29) is 5.97 Å². The molecule has 0 aliphatic heterocycles. The molecule has 5 nitrogen and oxygen atoms in total. The summed E-state index contributed by atoms with van der Waals surface area (Å²) in [6.07, 6.45) is 2.54. The number of carbonyl (C=O) groups is 1. The highest BCUT2D eigenvalue weighted by Crippen LogP contribution is 2.19. The Labute approximate surface area is 154 Å². The van der Waals surface area contributed by atoms with E-state index in [0.29, 0.717) is 13.0 Å². The van der Waals surface area contributed by atoms with Crippen molar-refractivity contribution in [1.29, 1.82) is 0 Å². The Balaban J connectivity index is 1.71. The lowest BCUT2D eigenvalue weighted by Crippen LogP contribution is -2.39. The number of nitrogens with one attached hydrogen (secondary N) is 2. The maximum atomic E-state index is 12.2. The fraction of sp³-hybridized carbons (Fsp3) is 0.286. The Bertz CT molecular complexity index is 868. The first-order valence-electron chi connectivity index (χ1n) is 8.71. The van der Waals surface area contributed by atoms with Crippen LogP contribution in [0, 0.1) is 0 Å². The van der Waals surface area contributed by atoms with E-state index in [1.54, 1.807) is 0 Å². The van der Waals surface area contributed by atoms with E-state index in [4.69, 9.17) is 4.74 Å². The molecule has 0 spiro atoms. The molecule has 0 saturated heterocycles. The predicted octanol–water partition coefficient (Wildman–Crippen LogP) is 3.11. The maximum Gasteiger partial charge on any atom is 0.323 e. The van der Waals surface area contributed by atoms with Crippen molar-refractivity contribution < 1.29 is 9.53 Å². The minimum atomic E-state index is -0.396. The number of rotatable bonds is 7. The van der Waals surface area contributed by atoms with Gasteiger partial charge in [-0.2, -0.15) is 0 Å². The van der Waals surface area contributed by atoms with Crippen LogP contribution in [0.15, 0.2) is 54.7 Å². The van der Waals surface area contributed by atoms with Gasteiger partial charge in [0.15, 0.2) is 0 Å². The molecule has 5 heteroatoms. The lowest BCUT2D eigenvalue weighted by molar-refractivity contribution is -0.143. The second-order valence-corrected chi connectivity index (χ2v) is 6.58. The average Bonchev–Trinajstić information content (AvgIpc) is 3.07. The van der Waals surface area contributed by atoms with E-state index >= 15 is 0 Å². The maximum absolute atomic E-state index is 12.2. The Morgan fingerprint density at radius 2 is 1.88 bits per heavy atom. The summed E-state index contributed by atoms with van der Waals surface area (Å²) in [5.74, 6) is -0.250. The van der Waals surface area contributed by atoms with Gasteiger partial charge in [-0.05, 0) is 29.3 Å². The van der Waals surface area contributed by atoms with E-state index in [9.17, 15) is 4.79 Å². The minimum Gasteiger partial charge on any atom is -0.468 e. The number of fused-ring (bicyclic) bond motifs is 1. The summed E-state index contributed by atoms with van der Waals surface area (Å²) >= 11 is 0. The number of nitrogens with zero attached hydrogens (tertiary/aromatic N) is 1. The van der Waals surface area contributed by atoms with Gasteiger partial charge in [-0.15, -0.1) is 0 Å². The summed E-state index contributed by atoms with van der Waals surface area (Å²) in [5.41, 5.74) is 4.46. The summed E-state index contributed by atoms with van der Waals surface area (Å²) in [4.78, 5) is 17.6. The number of H-pyrrole nitrogens is 1. The summed E-state index contributed by atoms with van der Waals surface area (Å²) < 4.78 is 4.99. The molecular weight excluding hydrogens is 326 g/mol. The molecule has 0 aliphatic rings. The van der Waals surface area contributed by atoms with E-state index in [1.807, 2.05) is 38.5 Å². The zero-order valence-electron chi connectivity index (χ0n) is 15.5.